The summed E-state index contributed by atoms with van der Waals surface area (Å²) in [5.74, 6) is -1.28. The summed E-state index contributed by atoms with van der Waals surface area (Å²) in [5, 5.41) is 1.40. The van der Waals surface area contributed by atoms with Crippen LogP contribution in [0, 0.1) is 5.82 Å². The lowest BCUT2D eigenvalue weighted by Gasteiger charge is -2.19. The van der Waals surface area contributed by atoms with Gasteiger partial charge in [-0.25, -0.2) is 13.5 Å². The molecule has 0 aliphatic carbocycles. The minimum atomic E-state index is -4.88. The first kappa shape index (κ1) is 21.2. The van der Waals surface area contributed by atoms with Gasteiger partial charge in [0.25, 0.3) is 0 Å². The van der Waals surface area contributed by atoms with E-state index in [2.05, 4.69) is 12.8 Å². The average Bonchev–Trinajstić information content (AvgIpc) is 2.53. The molecule has 0 fully saturated rings. The number of anilines is 2. The normalized spacial score (nSPS) is 12.0. The Hall–Kier alpha value is -2.14. The number of hydrogen-bond donors (Lipinski definition) is 2. The maximum absolute atomic E-state index is 13.4. The van der Waals surface area contributed by atoms with Gasteiger partial charge in [0, 0.05) is 5.69 Å². The van der Waals surface area contributed by atoms with Crippen molar-refractivity contribution >= 4 is 41.8 Å². The lowest BCUT2D eigenvalue weighted by Crippen LogP contribution is -2.27. The zero-order valence-corrected chi connectivity index (χ0v) is 14.4. The molecule has 0 spiro atoms. The second-order valence-electron chi connectivity index (χ2n) is 5.13. The first-order valence-electron chi connectivity index (χ1n) is 6.83. The molecule has 0 bridgehead atoms. The van der Waals surface area contributed by atoms with Crippen molar-refractivity contribution in [2.75, 3.05) is 9.62 Å². The fraction of sp³-hybridized carbons (Fsp3) is 0.133. The summed E-state index contributed by atoms with van der Waals surface area (Å²) in [7, 11) is 0. The van der Waals surface area contributed by atoms with E-state index in [0.717, 1.165) is 12.1 Å². The van der Waals surface area contributed by atoms with Gasteiger partial charge in [-0.2, -0.15) is 26.3 Å². The minimum absolute atomic E-state index is 0.220. The lowest BCUT2D eigenvalue weighted by molar-refractivity contribution is -0.138. The van der Waals surface area contributed by atoms with Crippen LogP contribution in [0.4, 0.5) is 46.9 Å². The number of nitrogens with one attached hydrogen (secondary N) is 1. The van der Waals surface area contributed by atoms with E-state index in [1.165, 1.54) is 0 Å². The number of halogens is 8. The van der Waals surface area contributed by atoms with Gasteiger partial charge in [0.1, 0.15) is 5.82 Å². The monoisotopic (exact) mass is 432 g/mol. The maximum Gasteiger partial charge on any atom is 0.417 e. The van der Waals surface area contributed by atoms with Gasteiger partial charge in [0.15, 0.2) is 0 Å². The molecule has 2 aromatic rings. The first-order chi connectivity index (χ1) is 12.3. The Morgan fingerprint density at radius 1 is 1.00 bits per heavy atom. The second kappa shape index (κ2) is 7.47. The van der Waals surface area contributed by atoms with E-state index in [4.69, 9.17) is 11.6 Å². The molecule has 0 saturated heterocycles. The molecule has 0 unspecified atom stereocenters. The van der Waals surface area contributed by atoms with E-state index in [1.807, 2.05) is 5.32 Å². The van der Waals surface area contributed by atoms with Gasteiger partial charge in [0.2, 0.25) is 0 Å². The summed E-state index contributed by atoms with van der Waals surface area (Å²) in [6.07, 6.45) is -9.66. The number of carbonyl (C=O) groups excluding carboxylic acids is 1. The van der Waals surface area contributed by atoms with Crippen molar-refractivity contribution in [2.45, 2.75) is 12.4 Å². The Morgan fingerprint density at radius 2 is 1.63 bits per heavy atom. The van der Waals surface area contributed by atoms with Gasteiger partial charge in [-0.15, -0.1) is 0 Å². The molecule has 2 rings (SSSR count). The van der Waals surface area contributed by atoms with Crippen LogP contribution in [-0.4, -0.2) is 6.03 Å². The van der Waals surface area contributed by atoms with Crippen LogP contribution in [0.2, 0.25) is 5.02 Å². The van der Waals surface area contributed by atoms with E-state index in [9.17, 15) is 35.5 Å². The highest BCUT2D eigenvalue weighted by Crippen LogP contribution is 2.37. The number of rotatable bonds is 2. The van der Waals surface area contributed by atoms with Crippen molar-refractivity contribution in [3.05, 3.63) is 58.4 Å². The number of amides is 2. The number of benzene rings is 2. The number of thiol groups is 1. The van der Waals surface area contributed by atoms with Gasteiger partial charge in [0.05, 0.1) is 21.8 Å². The predicted octanol–water partition coefficient (Wildman–Crippen LogP) is 6.40. The minimum Gasteiger partial charge on any atom is -0.307 e. The Morgan fingerprint density at radius 3 is 2.19 bits per heavy atom. The number of hydrogen-bond acceptors (Lipinski definition) is 2. The smallest absolute Gasteiger partial charge is 0.307 e. The highest BCUT2D eigenvalue weighted by Gasteiger charge is 2.34. The quantitative estimate of drug-likeness (QED) is 0.418. The van der Waals surface area contributed by atoms with Crippen LogP contribution in [0.5, 0.6) is 0 Å². The van der Waals surface area contributed by atoms with Crippen LogP contribution in [0.3, 0.4) is 0 Å². The van der Waals surface area contributed by atoms with Crippen LogP contribution >= 0.6 is 24.4 Å². The fourth-order valence-corrected chi connectivity index (χ4v) is 2.36. The van der Waals surface area contributed by atoms with E-state index < -0.39 is 46.0 Å². The van der Waals surface area contributed by atoms with Crippen molar-refractivity contribution in [2.24, 2.45) is 0 Å². The zero-order chi connectivity index (χ0) is 20.6. The molecule has 0 aliphatic heterocycles. The summed E-state index contributed by atoms with van der Waals surface area (Å²) >= 11 is 9.12. The van der Waals surface area contributed by atoms with Crippen molar-refractivity contribution < 1.29 is 35.5 Å². The molecular weight excluding hydrogens is 425 g/mol. The van der Waals surface area contributed by atoms with E-state index in [0.29, 0.717) is 22.5 Å². The zero-order valence-electron chi connectivity index (χ0n) is 12.8. The van der Waals surface area contributed by atoms with Gasteiger partial charge in [-0.3, -0.25) is 0 Å². The Bertz CT molecular complexity index is 870. The van der Waals surface area contributed by atoms with Gasteiger partial charge in [-0.05, 0) is 36.4 Å². The predicted molar refractivity (Wildman–Crippen MR) is 88.3 cm³/mol. The van der Waals surface area contributed by atoms with Gasteiger partial charge < -0.3 is 5.32 Å². The molecule has 12 heteroatoms. The second-order valence-corrected chi connectivity index (χ2v) is 5.94. The molecule has 0 aliphatic rings. The van der Waals surface area contributed by atoms with E-state index >= 15 is 0 Å². The van der Waals surface area contributed by atoms with Crippen LogP contribution in [0.15, 0.2) is 36.4 Å². The number of nitrogens with zero attached hydrogens (tertiary/aromatic N) is 1. The van der Waals surface area contributed by atoms with Gasteiger partial charge in [-0.1, -0.05) is 24.4 Å². The average molecular weight is 433 g/mol. The lowest BCUT2D eigenvalue weighted by atomic mass is 10.2. The fourth-order valence-electron chi connectivity index (χ4n) is 1.97. The Labute approximate surface area is 158 Å². The summed E-state index contributed by atoms with van der Waals surface area (Å²) < 4.78 is 90.4. The van der Waals surface area contributed by atoms with Crippen molar-refractivity contribution in [3.8, 4) is 0 Å². The maximum atomic E-state index is 13.4. The number of alkyl halides is 6. The van der Waals surface area contributed by atoms with Crippen molar-refractivity contribution in [1.29, 1.82) is 0 Å². The molecule has 2 amide bonds. The van der Waals surface area contributed by atoms with Crippen LogP contribution < -0.4 is 9.62 Å². The third kappa shape index (κ3) is 5.19. The molecule has 0 heterocycles. The summed E-state index contributed by atoms with van der Waals surface area (Å²) in [5.41, 5.74) is -3.51. The molecule has 146 valence electrons. The summed E-state index contributed by atoms with van der Waals surface area (Å²) in [4.78, 5) is 12.1. The molecule has 1 N–H and O–H groups in total. The molecule has 27 heavy (non-hydrogen) atoms. The van der Waals surface area contributed by atoms with Crippen molar-refractivity contribution in [1.82, 2.24) is 0 Å². The van der Waals surface area contributed by atoms with E-state index in [1.54, 1.807) is 0 Å². The highest BCUT2D eigenvalue weighted by molar-refractivity contribution is 7.82. The topological polar surface area (TPSA) is 32.3 Å². The van der Waals surface area contributed by atoms with Crippen LogP contribution in [0.25, 0.3) is 0 Å². The highest BCUT2D eigenvalue weighted by atomic mass is 35.5. The first-order valence-corrected chi connectivity index (χ1v) is 7.61. The third-order valence-electron chi connectivity index (χ3n) is 3.17. The van der Waals surface area contributed by atoms with Crippen molar-refractivity contribution in [3.63, 3.8) is 0 Å². The number of carbonyl (C=O) groups is 1. The largest absolute Gasteiger partial charge is 0.417 e. The Kier molecular flexibility index (Phi) is 5.85. The molecule has 0 radical (unpaired) electrons. The molecule has 0 atom stereocenters. The third-order valence-corrected chi connectivity index (χ3v) is 3.91. The molecule has 2 aromatic carbocycles. The van der Waals surface area contributed by atoms with Crippen LogP contribution in [0.1, 0.15) is 11.1 Å². The SMILES string of the molecule is O=C(Nc1ccc(Cl)c(C(F)(F)F)c1)N(S)c1cc(F)cc(C(F)(F)F)c1. The van der Waals surface area contributed by atoms with Crippen LogP contribution in [-0.2, 0) is 12.4 Å². The summed E-state index contributed by atoms with van der Waals surface area (Å²) in [6, 6.07) is 2.53. The Balaban J connectivity index is 2.28. The van der Waals surface area contributed by atoms with E-state index in [-0.39, 0.29) is 11.8 Å². The molecular formula is C15H8ClF7N2OS. The van der Waals surface area contributed by atoms with Gasteiger partial charge >= 0.3 is 18.4 Å². The molecule has 3 nitrogen and oxygen atoms in total. The number of urea groups is 1. The summed E-state index contributed by atoms with van der Waals surface area (Å²) in [6.45, 7) is 0. The molecule has 0 saturated carbocycles. The standard InChI is InChI=1S/C15H8ClF7N2OS/c16-12-2-1-9(6-11(12)15(21,22)23)24-13(26)25(27)10-4-7(14(18,19)20)3-8(17)5-10/h1-6,27H,(H,24,26). The molecule has 0 aromatic heterocycles.